The van der Waals surface area contributed by atoms with Crippen molar-refractivity contribution in [1.82, 2.24) is 19.8 Å². The van der Waals surface area contributed by atoms with E-state index in [1.54, 1.807) is 29.8 Å². The Labute approximate surface area is 145 Å². The summed E-state index contributed by atoms with van der Waals surface area (Å²) in [5.41, 5.74) is 1.35. The molecule has 2 fully saturated rings. The predicted molar refractivity (Wildman–Crippen MR) is 90.8 cm³/mol. The van der Waals surface area contributed by atoms with E-state index in [-0.39, 0.29) is 17.8 Å². The maximum absolute atomic E-state index is 12.5. The number of thiophene rings is 1. The Hall–Kier alpha value is -1.83. The highest BCUT2D eigenvalue weighted by Gasteiger charge is 2.39. The van der Waals surface area contributed by atoms with Gasteiger partial charge in [-0.05, 0) is 28.5 Å². The molecule has 0 radical (unpaired) electrons. The summed E-state index contributed by atoms with van der Waals surface area (Å²) in [6.45, 7) is 4.91. The Bertz CT molecular complexity index is 679. The zero-order chi connectivity index (χ0) is 16.4. The van der Waals surface area contributed by atoms with Crippen LogP contribution >= 0.6 is 11.3 Å². The van der Waals surface area contributed by atoms with Crippen LogP contribution in [0, 0.1) is 5.92 Å². The molecule has 0 bridgehead atoms. The average molecular weight is 344 g/mol. The van der Waals surface area contributed by atoms with Crippen molar-refractivity contribution in [1.29, 1.82) is 0 Å². The number of carbonyl (C=O) groups is 1. The van der Waals surface area contributed by atoms with Gasteiger partial charge in [0.2, 0.25) is 5.82 Å². The monoisotopic (exact) mass is 344 g/mol. The second kappa shape index (κ2) is 6.96. The number of hydrogen-bond acceptors (Lipinski definition) is 6. The van der Waals surface area contributed by atoms with Crippen molar-refractivity contribution in [3.63, 3.8) is 0 Å². The molecule has 0 spiro atoms. The Morgan fingerprint density at radius 2 is 2.17 bits per heavy atom. The topological polar surface area (TPSA) is 58.6 Å². The SMILES string of the molecule is O=C(c1ncccn1)N1C[C@@H]2CN(Cc3ccsc3)CCO[C@@H]2C1. The highest BCUT2D eigenvalue weighted by molar-refractivity contribution is 7.07. The quantitative estimate of drug-likeness (QED) is 0.845. The Balaban J connectivity index is 1.41. The maximum atomic E-state index is 12.5. The molecule has 0 saturated carbocycles. The number of nitrogens with zero attached hydrogens (tertiary/aromatic N) is 4. The number of aromatic nitrogens is 2. The molecule has 0 unspecified atom stereocenters. The van der Waals surface area contributed by atoms with E-state index < -0.39 is 0 Å². The first-order valence-corrected chi connectivity index (χ1v) is 9.15. The first kappa shape index (κ1) is 15.7. The van der Waals surface area contributed by atoms with Crippen molar-refractivity contribution in [2.24, 2.45) is 5.92 Å². The number of likely N-dealkylation sites (tertiary alicyclic amines) is 1. The molecule has 7 heteroatoms. The van der Waals surface area contributed by atoms with Gasteiger partial charge in [-0.2, -0.15) is 11.3 Å². The van der Waals surface area contributed by atoms with Crippen LogP contribution in [0.15, 0.2) is 35.3 Å². The minimum Gasteiger partial charge on any atom is -0.375 e. The van der Waals surface area contributed by atoms with E-state index in [1.807, 2.05) is 4.90 Å². The number of rotatable bonds is 3. The molecule has 4 heterocycles. The standard InChI is InChI=1S/C17H20N4O2S/c22-17(16-18-3-1-4-19-16)21-10-14-9-20(5-6-23-15(14)11-21)8-13-2-7-24-12-13/h1-4,7,12,14-15H,5-6,8-11H2/t14-,15+/m0/s1. The van der Waals surface area contributed by atoms with Crippen LogP contribution in [0.3, 0.4) is 0 Å². The van der Waals surface area contributed by atoms with Crippen LogP contribution in [0.5, 0.6) is 0 Å². The van der Waals surface area contributed by atoms with Crippen LogP contribution in [0.25, 0.3) is 0 Å². The Morgan fingerprint density at radius 1 is 1.29 bits per heavy atom. The van der Waals surface area contributed by atoms with Crippen LogP contribution in [0.4, 0.5) is 0 Å². The normalized spacial score (nSPS) is 24.6. The molecular formula is C17H20N4O2S. The molecule has 2 aliphatic heterocycles. The molecule has 0 aromatic carbocycles. The van der Waals surface area contributed by atoms with E-state index in [1.165, 1.54) is 5.56 Å². The second-order valence-corrected chi connectivity index (χ2v) is 7.10. The summed E-state index contributed by atoms with van der Waals surface area (Å²) in [5, 5.41) is 4.31. The van der Waals surface area contributed by atoms with Crippen LogP contribution in [-0.4, -0.2) is 64.6 Å². The van der Waals surface area contributed by atoms with E-state index in [0.717, 1.165) is 26.2 Å². The predicted octanol–water partition coefficient (Wildman–Crippen LogP) is 1.51. The fraction of sp³-hybridized carbons (Fsp3) is 0.471. The number of hydrogen-bond donors (Lipinski definition) is 0. The van der Waals surface area contributed by atoms with Gasteiger partial charge in [0.05, 0.1) is 12.7 Å². The number of amides is 1. The van der Waals surface area contributed by atoms with Crippen LogP contribution in [0.2, 0.25) is 0 Å². The van der Waals surface area contributed by atoms with Crippen LogP contribution in [-0.2, 0) is 11.3 Å². The van der Waals surface area contributed by atoms with Gasteiger partial charge in [0.15, 0.2) is 0 Å². The lowest BCUT2D eigenvalue weighted by atomic mass is 10.1. The van der Waals surface area contributed by atoms with Gasteiger partial charge in [0, 0.05) is 51.0 Å². The molecule has 0 aliphatic carbocycles. The fourth-order valence-electron chi connectivity index (χ4n) is 3.46. The Kier molecular flexibility index (Phi) is 4.55. The molecule has 126 valence electrons. The summed E-state index contributed by atoms with van der Waals surface area (Å²) in [6, 6.07) is 3.89. The summed E-state index contributed by atoms with van der Waals surface area (Å²) < 4.78 is 6.02. The van der Waals surface area contributed by atoms with Crippen molar-refractivity contribution < 1.29 is 9.53 Å². The van der Waals surface area contributed by atoms with Gasteiger partial charge in [-0.3, -0.25) is 9.69 Å². The summed E-state index contributed by atoms with van der Waals surface area (Å²) in [6.07, 6.45) is 3.33. The van der Waals surface area contributed by atoms with Gasteiger partial charge >= 0.3 is 0 Å². The molecule has 2 saturated heterocycles. The molecule has 2 aliphatic rings. The summed E-state index contributed by atoms with van der Waals surface area (Å²) in [4.78, 5) is 25.0. The highest BCUT2D eigenvalue weighted by Crippen LogP contribution is 2.25. The second-order valence-electron chi connectivity index (χ2n) is 6.32. The molecule has 1 amide bonds. The van der Waals surface area contributed by atoms with Gasteiger partial charge in [-0.1, -0.05) is 0 Å². The van der Waals surface area contributed by atoms with E-state index in [9.17, 15) is 4.79 Å². The lowest BCUT2D eigenvalue weighted by molar-refractivity contribution is 0.0480. The van der Waals surface area contributed by atoms with Gasteiger partial charge < -0.3 is 9.64 Å². The van der Waals surface area contributed by atoms with Crippen molar-refractivity contribution in [2.45, 2.75) is 12.6 Å². The number of fused-ring (bicyclic) bond motifs is 1. The maximum Gasteiger partial charge on any atom is 0.291 e. The smallest absolute Gasteiger partial charge is 0.291 e. The van der Waals surface area contributed by atoms with Crippen molar-refractivity contribution in [3.8, 4) is 0 Å². The first-order chi connectivity index (χ1) is 11.8. The molecule has 2 atom stereocenters. The third kappa shape index (κ3) is 3.33. The molecule has 4 rings (SSSR count). The third-order valence-corrected chi connectivity index (χ3v) is 5.38. The van der Waals surface area contributed by atoms with Gasteiger partial charge in [-0.25, -0.2) is 9.97 Å². The van der Waals surface area contributed by atoms with Gasteiger partial charge in [0.25, 0.3) is 5.91 Å². The third-order valence-electron chi connectivity index (χ3n) is 4.64. The Morgan fingerprint density at radius 3 is 2.96 bits per heavy atom. The lowest BCUT2D eigenvalue weighted by Gasteiger charge is -2.22. The highest BCUT2D eigenvalue weighted by atomic mass is 32.1. The van der Waals surface area contributed by atoms with E-state index in [2.05, 4.69) is 31.7 Å². The van der Waals surface area contributed by atoms with Crippen molar-refractivity contribution in [2.75, 3.05) is 32.8 Å². The summed E-state index contributed by atoms with van der Waals surface area (Å²) in [7, 11) is 0. The number of carbonyl (C=O) groups excluding carboxylic acids is 1. The molecule has 6 nitrogen and oxygen atoms in total. The van der Waals surface area contributed by atoms with E-state index >= 15 is 0 Å². The van der Waals surface area contributed by atoms with Crippen LogP contribution in [0.1, 0.15) is 16.2 Å². The molecule has 2 aromatic rings. The zero-order valence-corrected chi connectivity index (χ0v) is 14.2. The van der Waals surface area contributed by atoms with Gasteiger partial charge in [0.1, 0.15) is 0 Å². The fourth-order valence-corrected chi connectivity index (χ4v) is 4.12. The van der Waals surface area contributed by atoms with Gasteiger partial charge in [-0.15, -0.1) is 0 Å². The summed E-state index contributed by atoms with van der Waals surface area (Å²) >= 11 is 1.73. The zero-order valence-electron chi connectivity index (χ0n) is 13.4. The van der Waals surface area contributed by atoms with E-state index in [4.69, 9.17) is 4.74 Å². The molecule has 0 N–H and O–H groups in total. The van der Waals surface area contributed by atoms with E-state index in [0.29, 0.717) is 19.0 Å². The minimum absolute atomic E-state index is 0.100. The average Bonchev–Trinajstić information content (AvgIpc) is 3.22. The molecular weight excluding hydrogens is 324 g/mol. The molecule has 2 aromatic heterocycles. The largest absolute Gasteiger partial charge is 0.375 e. The first-order valence-electron chi connectivity index (χ1n) is 8.21. The van der Waals surface area contributed by atoms with Crippen molar-refractivity contribution in [3.05, 3.63) is 46.7 Å². The number of ether oxygens (including phenoxy) is 1. The summed E-state index contributed by atoms with van der Waals surface area (Å²) in [5.74, 6) is 0.513. The van der Waals surface area contributed by atoms with Crippen LogP contribution < -0.4 is 0 Å². The van der Waals surface area contributed by atoms with Crippen molar-refractivity contribution >= 4 is 17.2 Å². The lowest BCUT2D eigenvalue weighted by Crippen LogP contribution is -2.34. The molecule has 24 heavy (non-hydrogen) atoms. The minimum atomic E-state index is -0.100.